The van der Waals surface area contributed by atoms with Crippen LogP contribution in [0, 0.1) is 0 Å². The Labute approximate surface area is 146 Å². The average Bonchev–Trinajstić information content (AvgIpc) is 3.38. The lowest BCUT2D eigenvalue weighted by Crippen LogP contribution is -2.53. The minimum atomic E-state index is -0.542. The fourth-order valence-corrected chi connectivity index (χ4v) is 2.90. The van der Waals surface area contributed by atoms with Gasteiger partial charge in [-0.05, 0) is 26.7 Å². The molecule has 0 radical (unpaired) electrons. The van der Waals surface area contributed by atoms with Crippen molar-refractivity contribution in [2.75, 3.05) is 31.1 Å². The van der Waals surface area contributed by atoms with E-state index in [-0.39, 0.29) is 6.04 Å². The van der Waals surface area contributed by atoms with Gasteiger partial charge in [-0.3, -0.25) is 9.59 Å². The summed E-state index contributed by atoms with van der Waals surface area (Å²) in [7, 11) is 0. The van der Waals surface area contributed by atoms with E-state index in [0.717, 1.165) is 24.5 Å². The zero-order valence-corrected chi connectivity index (χ0v) is 14.7. The molecule has 24 heavy (non-hydrogen) atoms. The largest absolute Gasteiger partial charge is 0.353 e. The van der Waals surface area contributed by atoms with Crippen LogP contribution in [0.25, 0.3) is 0 Å². The van der Waals surface area contributed by atoms with Crippen molar-refractivity contribution >= 4 is 29.2 Å². The molecule has 0 unspecified atom stereocenters. The predicted molar refractivity (Wildman–Crippen MR) is 91.1 cm³/mol. The molecule has 0 atom stereocenters. The van der Waals surface area contributed by atoms with E-state index in [2.05, 4.69) is 20.2 Å². The number of nitrogens with zero attached hydrogens (tertiary/aromatic N) is 4. The van der Waals surface area contributed by atoms with Crippen molar-refractivity contribution < 1.29 is 9.59 Å². The molecule has 3 rings (SSSR count). The molecule has 0 spiro atoms. The third-order valence-corrected chi connectivity index (χ3v) is 4.34. The van der Waals surface area contributed by atoms with E-state index in [1.165, 1.54) is 0 Å². The fraction of sp³-hybridized carbons (Fsp3) is 0.625. The van der Waals surface area contributed by atoms with Crippen LogP contribution in [0.15, 0.2) is 6.07 Å². The maximum absolute atomic E-state index is 12.1. The highest BCUT2D eigenvalue weighted by Crippen LogP contribution is 2.39. The number of nitrogens with one attached hydrogen (secondary N) is 1. The number of rotatable bonds is 3. The summed E-state index contributed by atoms with van der Waals surface area (Å²) in [6.45, 7) is 5.89. The number of aromatic nitrogens is 2. The topological polar surface area (TPSA) is 78.4 Å². The van der Waals surface area contributed by atoms with Crippen molar-refractivity contribution in [3.8, 4) is 0 Å². The molecule has 0 bridgehead atoms. The van der Waals surface area contributed by atoms with Crippen molar-refractivity contribution in [3.05, 3.63) is 17.0 Å². The number of carbonyl (C=O) groups is 2. The van der Waals surface area contributed by atoms with Crippen LogP contribution >= 0.6 is 11.6 Å². The molecular weight excluding hydrogens is 330 g/mol. The highest BCUT2D eigenvalue weighted by molar-refractivity contribution is 6.35. The normalized spacial score (nSPS) is 18.0. The smallest absolute Gasteiger partial charge is 0.312 e. The van der Waals surface area contributed by atoms with Crippen molar-refractivity contribution in [2.45, 2.75) is 38.6 Å². The molecule has 2 amide bonds. The number of carbonyl (C=O) groups excluding carboxylic acids is 2. The highest BCUT2D eigenvalue weighted by Gasteiger charge is 2.30. The minimum Gasteiger partial charge on any atom is -0.353 e. The molecule has 7 nitrogen and oxygen atoms in total. The number of hydrogen-bond donors (Lipinski definition) is 1. The van der Waals surface area contributed by atoms with Crippen LogP contribution in [0.1, 0.15) is 38.4 Å². The van der Waals surface area contributed by atoms with E-state index in [1.54, 1.807) is 11.0 Å². The number of hydrogen-bond acceptors (Lipinski definition) is 5. The molecule has 2 aliphatic rings. The van der Waals surface area contributed by atoms with Crippen LogP contribution in [-0.2, 0) is 9.59 Å². The Kier molecular flexibility index (Phi) is 4.89. The Morgan fingerprint density at radius 2 is 1.88 bits per heavy atom. The third kappa shape index (κ3) is 3.95. The third-order valence-electron chi connectivity index (χ3n) is 4.15. The molecule has 130 valence electrons. The quantitative estimate of drug-likeness (QED) is 0.653. The Morgan fingerprint density at radius 3 is 2.46 bits per heavy atom. The fourth-order valence-electron chi connectivity index (χ4n) is 2.72. The molecule has 1 saturated heterocycles. The molecule has 1 aliphatic heterocycles. The second-order valence-corrected chi connectivity index (χ2v) is 6.98. The summed E-state index contributed by atoms with van der Waals surface area (Å²) in [6.07, 6.45) is 2.24. The Morgan fingerprint density at radius 1 is 1.21 bits per heavy atom. The van der Waals surface area contributed by atoms with E-state index < -0.39 is 11.8 Å². The second kappa shape index (κ2) is 6.93. The summed E-state index contributed by atoms with van der Waals surface area (Å²) >= 11 is 6.11. The maximum Gasteiger partial charge on any atom is 0.312 e. The number of piperazine rings is 1. The monoisotopic (exact) mass is 351 g/mol. The van der Waals surface area contributed by atoms with Gasteiger partial charge in [0.15, 0.2) is 0 Å². The van der Waals surface area contributed by atoms with Crippen LogP contribution < -0.4 is 10.2 Å². The van der Waals surface area contributed by atoms with Gasteiger partial charge in [-0.1, -0.05) is 11.6 Å². The van der Waals surface area contributed by atoms with Gasteiger partial charge < -0.3 is 15.1 Å². The minimum absolute atomic E-state index is 0.0493. The summed E-state index contributed by atoms with van der Waals surface area (Å²) in [6, 6.07) is 1.71. The lowest BCUT2D eigenvalue weighted by Gasteiger charge is -2.35. The lowest BCUT2D eigenvalue weighted by molar-refractivity contribution is -0.146. The van der Waals surface area contributed by atoms with Crippen LogP contribution in [0.5, 0.6) is 0 Å². The number of amides is 2. The van der Waals surface area contributed by atoms with E-state index >= 15 is 0 Å². The summed E-state index contributed by atoms with van der Waals surface area (Å²) in [5, 5.41) is 3.09. The molecule has 2 heterocycles. The summed E-state index contributed by atoms with van der Waals surface area (Å²) < 4.78 is 0. The van der Waals surface area contributed by atoms with E-state index in [1.807, 2.05) is 13.8 Å². The van der Waals surface area contributed by atoms with Gasteiger partial charge in [-0.15, -0.1) is 0 Å². The first-order chi connectivity index (χ1) is 11.4. The highest BCUT2D eigenvalue weighted by atomic mass is 35.5. The first kappa shape index (κ1) is 17.0. The lowest BCUT2D eigenvalue weighted by atomic mass is 10.3. The molecule has 1 aliphatic carbocycles. The molecule has 1 saturated carbocycles. The average molecular weight is 352 g/mol. The van der Waals surface area contributed by atoms with E-state index in [0.29, 0.717) is 37.3 Å². The number of halogens is 1. The Hall–Kier alpha value is -1.89. The van der Waals surface area contributed by atoms with Crippen LogP contribution in [0.3, 0.4) is 0 Å². The van der Waals surface area contributed by atoms with Crippen molar-refractivity contribution in [1.29, 1.82) is 0 Å². The van der Waals surface area contributed by atoms with E-state index in [4.69, 9.17) is 11.6 Å². The van der Waals surface area contributed by atoms with Crippen LogP contribution in [0.4, 0.5) is 5.82 Å². The van der Waals surface area contributed by atoms with Gasteiger partial charge >= 0.3 is 11.8 Å². The molecule has 2 fully saturated rings. The summed E-state index contributed by atoms with van der Waals surface area (Å²) in [5.74, 6) is 1.04. The molecule has 1 N–H and O–H groups in total. The van der Waals surface area contributed by atoms with Gasteiger partial charge in [0.25, 0.3) is 0 Å². The molecule has 1 aromatic heterocycles. The zero-order valence-electron chi connectivity index (χ0n) is 14.0. The standard InChI is InChI=1S/C16H22ClN5O2/c1-10(2)18-15(23)16(24)22-7-5-21(6-8-22)13-9-12(17)19-14(20-13)11-3-4-11/h9-11H,3-8H2,1-2H3,(H,18,23). The van der Waals surface area contributed by atoms with Gasteiger partial charge in [0.05, 0.1) is 0 Å². The first-order valence-corrected chi connectivity index (χ1v) is 8.71. The summed E-state index contributed by atoms with van der Waals surface area (Å²) in [5.41, 5.74) is 0. The van der Waals surface area contributed by atoms with Gasteiger partial charge in [0.1, 0.15) is 16.8 Å². The van der Waals surface area contributed by atoms with Crippen LogP contribution in [-0.4, -0.2) is 58.9 Å². The van der Waals surface area contributed by atoms with Gasteiger partial charge in [0, 0.05) is 44.2 Å². The van der Waals surface area contributed by atoms with Crippen molar-refractivity contribution in [3.63, 3.8) is 0 Å². The Bertz CT molecular complexity index is 639. The van der Waals surface area contributed by atoms with Gasteiger partial charge in [-0.25, -0.2) is 9.97 Å². The van der Waals surface area contributed by atoms with Crippen molar-refractivity contribution in [1.82, 2.24) is 20.2 Å². The molecular formula is C16H22ClN5O2. The first-order valence-electron chi connectivity index (χ1n) is 8.33. The van der Waals surface area contributed by atoms with E-state index in [9.17, 15) is 9.59 Å². The Balaban J connectivity index is 1.61. The zero-order chi connectivity index (χ0) is 17.3. The number of anilines is 1. The molecule has 8 heteroatoms. The van der Waals surface area contributed by atoms with Crippen molar-refractivity contribution in [2.24, 2.45) is 0 Å². The van der Waals surface area contributed by atoms with Gasteiger partial charge in [-0.2, -0.15) is 0 Å². The summed E-state index contributed by atoms with van der Waals surface area (Å²) in [4.78, 5) is 36.5. The van der Waals surface area contributed by atoms with Crippen LogP contribution in [0.2, 0.25) is 5.15 Å². The maximum atomic E-state index is 12.1. The molecule has 1 aromatic rings. The SMILES string of the molecule is CC(C)NC(=O)C(=O)N1CCN(c2cc(Cl)nc(C3CC3)n2)CC1. The second-order valence-electron chi connectivity index (χ2n) is 6.59. The predicted octanol–water partition coefficient (Wildman–Crippen LogP) is 1.18. The molecule has 0 aromatic carbocycles. The van der Waals surface area contributed by atoms with Gasteiger partial charge in [0.2, 0.25) is 0 Å².